The summed E-state index contributed by atoms with van der Waals surface area (Å²) in [5.41, 5.74) is 7.32. The van der Waals surface area contributed by atoms with Gasteiger partial charge in [0.15, 0.2) is 0 Å². The van der Waals surface area contributed by atoms with Gasteiger partial charge in [-0.15, -0.1) is 0 Å². The first-order chi connectivity index (χ1) is 8.01. The fourth-order valence-corrected chi connectivity index (χ4v) is 1.92. The van der Waals surface area contributed by atoms with Crippen LogP contribution in [-0.2, 0) is 0 Å². The van der Waals surface area contributed by atoms with E-state index in [4.69, 9.17) is 15.9 Å². The molecule has 0 aliphatic heterocycles. The molecule has 0 bridgehead atoms. The first-order valence-corrected chi connectivity index (χ1v) is 5.80. The molecule has 17 heavy (non-hydrogen) atoms. The Kier molecular flexibility index (Phi) is 4.37. The highest BCUT2D eigenvalue weighted by molar-refractivity contribution is 6.00. The second-order valence-corrected chi connectivity index (χ2v) is 4.18. The summed E-state index contributed by atoms with van der Waals surface area (Å²) in [5, 5.41) is 7.62. The van der Waals surface area contributed by atoms with Gasteiger partial charge in [-0.2, -0.15) is 0 Å². The van der Waals surface area contributed by atoms with Crippen molar-refractivity contribution in [3.63, 3.8) is 0 Å². The van der Waals surface area contributed by atoms with Crippen LogP contribution in [0.4, 0.5) is 5.69 Å². The van der Waals surface area contributed by atoms with Gasteiger partial charge in [0, 0.05) is 24.2 Å². The van der Waals surface area contributed by atoms with Crippen LogP contribution in [0, 0.1) is 5.41 Å². The molecule has 0 aliphatic carbocycles. The second-order valence-electron chi connectivity index (χ2n) is 4.18. The monoisotopic (exact) mass is 235 g/mol. The molecule has 0 unspecified atom stereocenters. The van der Waals surface area contributed by atoms with Crippen molar-refractivity contribution in [1.29, 1.82) is 5.41 Å². The van der Waals surface area contributed by atoms with Gasteiger partial charge in [-0.25, -0.2) is 0 Å². The van der Waals surface area contributed by atoms with Crippen LogP contribution < -0.4 is 15.4 Å². The molecule has 4 nitrogen and oxygen atoms in total. The standard InChI is InChI=1S/C13H21N3O/c1-5-16(9(2)3)12-8-10(17-4)6-7-11(12)13(14)15/h6-9H,5H2,1-4H3,(H3,14,15). The highest BCUT2D eigenvalue weighted by Gasteiger charge is 2.15. The minimum atomic E-state index is 0.0850. The van der Waals surface area contributed by atoms with E-state index >= 15 is 0 Å². The number of nitrogens with zero attached hydrogens (tertiary/aromatic N) is 1. The van der Waals surface area contributed by atoms with Crippen molar-refractivity contribution in [1.82, 2.24) is 0 Å². The number of nitrogens with two attached hydrogens (primary N) is 1. The average Bonchev–Trinajstić information content (AvgIpc) is 2.29. The van der Waals surface area contributed by atoms with E-state index in [0.29, 0.717) is 6.04 Å². The Morgan fingerprint density at radius 1 is 1.47 bits per heavy atom. The zero-order chi connectivity index (χ0) is 13.0. The fraction of sp³-hybridized carbons (Fsp3) is 0.462. The normalized spacial score (nSPS) is 10.4. The number of methoxy groups -OCH3 is 1. The molecule has 94 valence electrons. The van der Waals surface area contributed by atoms with Gasteiger partial charge in [0.25, 0.3) is 0 Å². The van der Waals surface area contributed by atoms with E-state index in [-0.39, 0.29) is 5.84 Å². The molecular weight excluding hydrogens is 214 g/mol. The Labute approximate surface area is 103 Å². The van der Waals surface area contributed by atoms with Crippen LogP contribution in [0.5, 0.6) is 5.75 Å². The van der Waals surface area contributed by atoms with Gasteiger partial charge in [-0.1, -0.05) is 0 Å². The van der Waals surface area contributed by atoms with E-state index in [0.717, 1.165) is 23.5 Å². The predicted octanol–water partition coefficient (Wildman–Crippen LogP) is 2.21. The zero-order valence-corrected chi connectivity index (χ0v) is 10.9. The number of hydrogen-bond donors (Lipinski definition) is 2. The van der Waals surface area contributed by atoms with E-state index in [1.165, 1.54) is 0 Å². The van der Waals surface area contributed by atoms with Crippen LogP contribution in [0.1, 0.15) is 26.3 Å². The SMILES string of the molecule is CCN(c1cc(OC)ccc1C(=N)N)C(C)C. The molecule has 4 heteroatoms. The van der Waals surface area contributed by atoms with Gasteiger partial charge in [-0.3, -0.25) is 5.41 Å². The van der Waals surface area contributed by atoms with Crippen molar-refractivity contribution in [2.45, 2.75) is 26.8 Å². The van der Waals surface area contributed by atoms with Crippen LogP contribution in [0.2, 0.25) is 0 Å². The zero-order valence-electron chi connectivity index (χ0n) is 10.9. The molecule has 1 rings (SSSR count). The van der Waals surface area contributed by atoms with Crippen LogP contribution in [0.3, 0.4) is 0 Å². The average molecular weight is 235 g/mol. The lowest BCUT2D eigenvalue weighted by Crippen LogP contribution is -2.32. The summed E-state index contributed by atoms with van der Waals surface area (Å²) in [6.45, 7) is 7.19. The van der Waals surface area contributed by atoms with E-state index in [2.05, 4.69) is 25.7 Å². The lowest BCUT2D eigenvalue weighted by molar-refractivity contribution is 0.414. The van der Waals surface area contributed by atoms with Crippen LogP contribution in [0.15, 0.2) is 18.2 Å². The van der Waals surface area contributed by atoms with Crippen molar-refractivity contribution >= 4 is 11.5 Å². The molecule has 0 heterocycles. The third-order valence-corrected chi connectivity index (χ3v) is 2.77. The highest BCUT2D eigenvalue weighted by Crippen LogP contribution is 2.27. The highest BCUT2D eigenvalue weighted by atomic mass is 16.5. The molecule has 0 radical (unpaired) electrons. The van der Waals surface area contributed by atoms with Gasteiger partial charge in [-0.05, 0) is 32.9 Å². The van der Waals surface area contributed by atoms with Crippen LogP contribution in [0.25, 0.3) is 0 Å². The summed E-state index contributed by atoms with van der Waals surface area (Å²) in [4.78, 5) is 2.19. The topological polar surface area (TPSA) is 62.3 Å². The maximum Gasteiger partial charge on any atom is 0.124 e. The maximum atomic E-state index is 7.62. The lowest BCUT2D eigenvalue weighted by atomic mass is 10.1. The third kappa shape index (κ3) is 2.90. The number of rotatable bonds is 5. The molecule has 0 saturated carbocycles. The second kappa shape index (κ2) is 5.57. The number of ether oxygens (including phenoxy) is 1. The Balaban J connectivity index is 3.29. The summed E-state index contributed by atoms with van der Waals surface area (Å²) in [6, 6.07) is 5.95. The molecule has 0 fully saturated rings. The number of nitrogens with one attached hydrogen (secondary N) is 1. The van der Waals surface area contributed by atoms with E-state index in [1.807, 2.05) is 18.2 Å². The number of anilines is 1. The number of hydrogen-bond acceptors (Lipinski definition) is 3. The minimum absolute atomic E-state index is 0.0850. The van der Waals surface area contributed by atoms with Crippen molar-refractivity contribution in [2.75, 3.05) is 18.6 Å². The summed E-state index contributed by atoms with van der Waals surface area (Å²) in [6.07, 6.45) is 0. The van der Waals surface area contributed by atoms with E-state index in [1.54, 1.807) is 7.11 Å². The van der Waals surface area contributed by atoms with E-state index < -0.39 is 0 Å². The number of benzene rings is 1. The molecule has 1 aromatic rings. The maximum absolute atomic E-state index is 7.62. The molecule has 0 aromatic heterocycles. The van der Waals surface area contributed by atoms with Crippen molar-refractivity contribution in [3.05, 3.63) is 23.8 Å². The summed E-state index contributed by atoms with van der Waals surface area (Å²) in [7, 11) is 1.64. The first kappa shape index (κ1) is 13.4. The first-order valence-electron chi connectivity index (χ1n) is 5.80. The van der Waals surface area contributed by atoms with Gasteiger partial charge in [0.05, 0.1) is 12.8 Å². The van der Waals surface area contributed by atoms with Crippen LogP contribution >= 0.6 is 0 Å². The Bertz CT molecular complexity index is 402. The Morgan fingerprint density at radius 3 is 2.53 bits per heavy atom. The summed E-state index contributed by atoms with van der Waals surface area (Å²) < 4.78 is 5.23. The van der Waals surface area contributed by atoms with Gasteiger partial charge in [0.2, 0.25) is 0 Å². The van der Waals surface area contributed by atoms with Crippen molar-refractivity contribution in [3.8, 4) is 5.75 Å². The Morgan fingerprint density at radius 2 is 2.12 bits per heavy atom. The molecule has 0 saturated heterocycles. The largest absolute Gasteiger partial charge is 0.497 e. The molecule has 0 spiro atoms. The van der Waals surface area contributed by atoms with Gasteiger partial charge < -0.3 is 15.4 Å². The van der Waals surface area contributed by atoms with Crippen molar-refractivity contribution in [2.24, 2.45) is 5.73 Å². The summed E-state index contributed by atoms with van der Waals surface area (Å²) in [5.74, 6) is 0.867. The van der Waals surface area contributed by atoms with Crippen LogP contribution in [-0.4, -0.2) is 25.5 Å². The summed E-state index contributed by atoms with van der Waals surface area (Å²) >= 11 is 0. The van der Waals surface area contributed by atoms with Gasteiger partial charge in [0.1, 0.15) is 11.6 Å². The third-order valence-electron chi connectivity index (χ3n) is 2.77. The van der Waals surface area contributed by atoms with E-state index in [9.17, 15) is 0 Å². The number of nitrogen functional groups attached to an aromatic ring is 1. The fourth-order valence-electron chi connectivity index (χ4n) is 1.92. The smallest absolute Gasteiger partial charge is 0.124 e. The molecule has 0 amide bonds. The molecule has 0 aliphatic rings. The number of amidine groups is 1. The predicted molar refractivity (Wildman–Crippen MR) is 72.2 cm³/mol. The lowest BCUT2D eigenvalue weighted by Gasteiger charge is -2.29. The van der Waals surface area contributed by atoms with Gasteiger partial charge >= 0.3 is 0 Å². The minimum Gasteiger partial charge on any atom is -0.497 e. The molecule has 0 atom stereocenters. The van der Waals surface area contributed by atoms with Crippen molar-refractivity contribution < 1.29 is 4.74 Å². The Hall–Kier alpha value is -1.71. The molecule has 3 N–H and O–H groups in total. The molecular formula is C13H21N3O. The quantitative estimate of drug-likeness (QED) is 0.607. The molecule has 1 aromatic carbocycles.